The van der Waals surface area contributed by atoms with Crippen LogP contribution in [0.5, 0.6) is 0 Å². The van der Waals surface area contributed by atoms with E-state index in [1.165, 1.54) is 0 Å². The highest BCUT2D eigenvalue weighted by Gasteiger charge is 2.55. The van der Waals surface area contributed by atoms with Crippen LogP contribution in [0.3, 0.4) is 0 Å². The summed E-state index contributed by atoms with van der Waals surface area (Å²) in [5.74, 6) is -0.202. The molecule has 0 aromatic rings. The quantitative estimate of drug-likeness (QED) is 0.764. The van der Waals surface area contributed by atoms with Crippen molar-refractivity contribution in [3.05, 3.63) is 24.3 Å². The summed E-state index contributed by atoms with van der Waals surface area (Å²) in [5, 5.41) is 10.6. The van der Waals surface area contributed by atoms with Crippen molar-refractivity contribution in [2.45, 2.75) is 46.6 Å². The summed E-state index contributed by atoms with van der Waals surface area (Å²) in [6.07, 6.45) is 4.68. The van der Waals surface area contributed by atoms with Gasteiger partial charge in [0.15, 0.2) is 0 Å². The molecule has 2 nitrogen and oxygen atoms in total. The molecule has 1 aliphatic carbocycles. The highest BCUT2D eigenvalue weighted by Crippen LogP contribution is 2.53. The maximum Gasteiger partial charge on any atom is 0.135 e. The number of ketones is 1. The average molecular weight is 236 g/mol. The fourth-order valence-corrected chi connectivity index (χ4v) is 3.14. The van der Waals surface area contributed by atoms with Gasteiger partial charge in [-0.2, -0.15) is 0 Å². The highest BCUT2D eigenvalue weighted by molar-refractivity contribution is 5.80. The topological polar surface area (TPSA) is 37.3 Å². The summed E-state index contributed by atoms with van der Waals surface area (Å²) in [6, 6.07) is 0. The molecule has 1 saturated carbocycles. The van der Waals surface area contributed by atoms with Gasteiger partial charge in [0.1, 0.15) is 5.78 Å². The lowest BCUT2D eigenvalue weighted by Crippen LogP contribution is -2.40. The van der Waals surface area contributed by atoms with Gasteiger partial charge in [0.25, 0.3) is 0 Å². The number of aliphatic hydroxyl groups is 1. The average Bonchev–Trinajstić information content (AvgIpc) is 2.30. The van der Waals surface area contributed by atoms with Crippen LogP contribution >= 0.6 is 0 Å². The Balaban J connectivity index is 3.09. The number of allylic oxidation sites excluding steroid dienone is 2. The molecule has 1 N–H and O–H groups in total. The van der Waals surface area contributed by atoms with Gasteiger partial charge in [-0.1, -0.05) is 38.2 Å². The molecule has 0 aromatic carbocycles. The van der Waals surface area contributed by atoms with Gasteiger partial charge in [0.2, 0.25) is 0 Å². The Labute approximate surface area is 104 Å². The van der Waals surface area contributed by atoms with Crippen molar-refractivity contribution in [3.8, 4) is 0 Å². The molecule has 0 radical (unpaired) electrons. The van der Waals surface area contributed by atoms with Gasteiger partial charge in [0, 0.05) is 11.8 Å². The first-order chi connectivity index (χ1) is 7.59. The number of carbonyl (C=O) groups is 1. The van der Waals surface area contributed by atoms with E-state index >= 15 is 0 Å². The third-order valence-corrected chi connectivity index (χ3v) is 3.97. The first kappa shape index (κ1) is 14.2. The zero-order valence-electron chi connectivity index (χ0n) is 11.6. The molecule has 17 heavy (non-hydrogen) atoms. The van der Waals surface area contributed by atoms with E-state index in [-0.39, 0.29) is 23.0 Å². The number of Topliss-reactive ketones (excluding diaryl/α,β-unsaturated/α-hetero) is 1. The normalized spacial score (nSPS) is 36.4. The Kier molecular flexibility index (Phi) is 3.68. The zero-order valence-corrected chi connectivity index (χ0v) is 11.6. The minimum atomic E-state index is -0.957. The molecule has 0 saturated heterocycles. The predicted molar refractivity (Wildman–Crippen MR) is 70.6 cm³/mol. The maximum atomic E-state index is 11.6. The minimum absolute atomic E-state index is 0.0133. The predicted octanol–water partition coefficient (Wildman–Crippen LogP) is 3.12. The van der Waals surface area contributed by atoms with Crippen LogP contribution < -0.4 is 0 Å². The van der Waals surface area contributed by atoms with Gasteiger partial charge in [0.05, 0.1) is 5.60 Å². The fraction of sp³-hybridized carbons (Fsp3) is 0.667. The van der Waals surface area contributed by atoms with Crippen LogP contribution in [-0.2, 0) is 4.79 Å². The summed E-state index contributed by atoms with van der Waals surface area (Å²) in [7, 11) is 0. The van der Waals surface area contributed by atoms with Crippen molar-refractivity contribution in [2.24, 2.45) is 17.3 Å². The van der Waals surface area contributed by atoms with Crippen LogP contribution in [0, 0.1) is 17.3 Å². The van der Waals surface area contributed by atoms with Gasteiger partial charge in [-0.25, -0.2) is 0 Å². The Bertz CT molecular complexity index is 361. The summed E-state index contributed by atoms with van der Waals surface area (Å²) in [4.78, 5) is 11.6. The van der Waals surface area contributed by atoms with Gasteiger partial charge in [-0.3, -0.25) is 4.79 Å². The Hall–Kier alpha value is -0.890. The SMILES string of the molecule is C=C(C)/C=C/C1C(C)(C)C[C@@H](C(C)=O)[C@@]1(C)O. The Morgan fingerprint density at radius 3 is 2.24 bits per heavy atom. The third kappa shape index (κ3) is 2.68. The molecule has 0 amide bonds. The second kappa shape index (κ2) is 4.41. The lowest BCUT2D eigenvalue weighted by atomic mass is 9.76. The van der Waals surface area contributed by atoms with E-state index in [2.05, 4.69) is 20.4 Å². The van der Waals surface area contributed by atoms with Crippen LogP contribution in [0.25, 0.3) is 0 Å². The van der Waals surface area contributed by atoms with Crippen LogP contribution in [0.4, 0.5) is 0 Å². The van der Waals surface area contributed by atoms with Crippen molar-refractivity contribution in [3.63, 3.8) is 0 Å². The van der Waals surface area contributed by atoms with E-state index in [1.807, 2.05) is 19.1 Å². The molecular formula is C15H24O2. The standard InChI is InChI=1S/C15H24O2/c1-10(2)7-8-13-14(4,5)9-12(11(3)16)15(13,6)17/h7-8,12-13,17H,1,9H2,2-6H3/b8-7+/t12-,13?,15+/m0/s1. The summed E-state index contributed by atoms with van der Waals surface area (Å²) in [6.45, 7) is 13.3. The van der Waals surface area contributed by atoms with Crippen molar-refractivity contribution in [2.75, 3.05) is 0 Å². The molecule has 0 aliphatic heterocycles. The van der Waals surface area contributed by atoms with E-state index in [0.29, 0.717) is 0 Å². The van der Waals surface area contributed by atoms with Crippen molar-refractivity contribution < 1.29 is 9.90 Å². The molecule has 2 heteroatoms. The monoisotopic (exact) mass is 236 g/mol. The third-order valence-electron chi connectivity index (χ3n) is 3.97. The summed E-state index contributed by atoms with van der Waals surface area (Å²) >= 11 is 0. The molecule has 0 spiro atoms. The molecule has 0 bridgehead atoms. The molecule has 0 aromatic heterocycles. The van der Waals surface area contributed by atoms with E-state index in [1.54, 1.807) is 13.8 Å². The molecule has 1 rings (SSSR count). The van der Waals surface area contributed by atoms with Gasteiger partial charge < -0.3 is 5.11 Å². The van der Waals surface area contributed by atoms with Crippen LogP contribution in [0.2, 0.25) is 0 Å². The smallest absolute Gasteiger partial charge is 0.135 e. The first-order valence-corrected chi connectivity index (χ1v) is 6.15. The molecule has 1 unspecified atom stereocenters. The number of hydrogen-bond acceptors (Lipinski definition) is 2. The van der Waals surface area contributed by atoms with E-state index < -0.39 is 5.60 Å². The molecular weight excluding hydrogens is 212 g/mol. The van der Waals surface area contributed by atoms with Crippen LogP contribution in [-0.4, -0.2) is 16.5 Å². The Morgan fingerprint density at radius 2 is 1.88 bits per heavy atom. The minimum Gasteiger partial charge on any atom is -0.389 e. The molecule has 1 aliphatic rings. The molecule has 96 valence electrons. The molecule has 0 heterocycles. The van der Waals surface area contributed by atoms with Gasteiger partial charge in [-0.05, 0) is 32.6 Å². The van der Waals surface area contributed by atoms with Crippen molar-refractivity contribution >= 4 is 5.78 Å². The lowest BCUT2D eigenvalue weighted by Gasteiger charge is -2.33. The maximum absolute atomic E-state index is 11.6. The van der Waals surface area contributed by atoms with E-state index in [0.717, 1.165) is 12.0 Å². The van der Waals surface area contributed by atoms with Crippen LogP contribution in [0.1, 0.15) is 41.0 Å². The zero-order chi connectivity index (χ0) is 13.4. The second-order valence-electron chi connectivity index (χ2n) is 6.26. The molecule has 1 fully saturated rings. The molecule has 3 atom stereocenters. The fourth-order valence-electron chi connectivity index (χ4n) is 3.14. The Morgan fingerprint density at radius 1 is 1.35 bits per heavy atom. The number of hydrogen-bond donors (Lipinski definition) is 1. The van der Waals surface area contributed by atoms with E-state index in [4.69, 9.17) is 0 Å². The number of rotatable bonds is 3. The van der Waals surface area contributed by atoms with Crippen molar-refractivity contribution in [1.29, 1.82) is 0 Å². The van der Waals surface area contributed by atoms with Crippen molar-refractivity contribution in [1.82, 2.24) is 0 Å². The second-order valence-corrected chi connectivity index (χ2v) is 6.26. The van der Waals surface area contributed by atoms with E-state index in [9.17, 15) is 9.90 Å². The lowest BCUT2D eigenvalue weighted by molar-refractivity contribution is -0.128. The largest absolute Gasteiger partial charge is 0.389 e. The van der Waals surface area contributed by atoms with Crippen LogP contribution in [0.15, 0.2) is 24.3 Å². The highest BCUT2D eigenvalue weighted by atomic mass is 16.3. The summed E-state index contributed by atoms with van der Waals surface area (Å²) < 4.78 is 0. The first-order valence-electron chi connectivity index (χ1n) is 6.15. The summed E-state index contributed by atoms with van der Waals surface area (Å²) in [5.41, 5.74) is -0.0598. The number of carbonyl (C=O) groups excluding carboxylic acids is 1. The van der Waals surface area contributed by atoms with Gasteiger partial charge >= 0.3 is 0 Å². The van der Waals surface area contributed by atoms with Gasteiger partial charge in [-0.15, -0.1) is 0 Å².